The Balaban J connectivity index is 2.05. The topological polar surface area (TPSA) is 75.3 Å². The number of carbonyl (C=O) groups excluding carboxylic acids is 1. The van der Waals surface area contributed by atoms with Gasteiger partial charge in [-0.15, -0.1) is 0 Å². The fourth-order valence-electron chi connectivity index (χ4n) is 2.60. The molecule has 0 bridgehead atoms. The van der Waals surface area contributed by atoms with Crippen LogP contribution in [-0.2, 0) is 9.84 Å². The van der Waals surface area contributed by atoms with E-state index < -0.39 is 9.84 Å². The van der Waals surface area contributed by atoms with Gasteiger partial charge in [0.15, 0.2) is 9.84 Å². The molecule has 0 saturated carbocycles. The highest BCUT2D eigenvalue weighted by Gasteiger charge is 2.26. The van der Waals surface area contributed by atoms with E-state index in [1.807, 2.05) is 26.0 Å². The maximum atomic E-state index is 12.2. The number of amides is 1. The Kier molecular flexibility index (Phi) is 4.88. The van der Waals surface area contributed by atoms with Gasteiger partial charge in [0.2, 0.25) is 0 Å². The Bertz CT molecular complexity index is 626. The summed E-state index contributed by atoms with van der Waals surface area (Å²) in [5.74, 6) is 0.0755. The number of benzene rings is 1. The summed E-state index contributed by atoms with van der Waals surface area (Å²) >= 11 is 0. The third kappa shape index (κ3) is 4.20. The molecule has 116 valence electrons. The van der Waals surface area contributed by atoms with E-state index in [1.165, 1.54) is 0 Å². The van der Waals surface area contributed by atoms with Crippen molar-refractivity contribution < 1.29 is 13.2 Å². The number of anilines is 1. The van der Waals surface area contributed by atoms with Gasteiger partial charge in [-0.2, -0.15) is 0 Å². The fourth-order valence-corrected chi connectivity index (χ4v) is 4.24. The van der Waals surface area contributed by atoms with Crippen molar-refractivity contribution in [1.29, 1.82) is 0 Å². The highest BCUT2D eigenvalue weighted by atomic mass is 32.2. The predicted molar refractivity (Wildman–Crippen MR) is 84.5 cm³/mol. The first-order valence-electron chi connectivity index (χ1n) is 7.27. The number of sulfone groups is 1. The molecule has 6 heteroatoms. The molecule has 1 saturated heterocycles. The van der Waals surface area contributed by atoms with E-state index in [2.05, 4.69) is 10.6 Å². The van der Waals surface area contributed by atoms with Crippen molar-refractivity contribution in [2.75, 3.05) is 23.4 Å². The zero-order chi connectivity index (χ0) is 15.5. The second-order valence-electron chi connectivity index (χ2n) is 5.49. The van der Waals surface area contributed by atoms with Gasteiger partial charge in [-0.05, 0) is 50.5 Å². The highest BCUT2D eigenvalue weighted by Crippen LogP contribution is 2.17. The van der Waals surface area contributed by atoms with E-state index in [0.717, 1.165) is 24.2 Å². The molecule has 2 rings (SSSR count). The minimum Gasteiger partial charge on any atom is -0.385 e. The van der Waals surface area contributed by atoms with Gasteiger partial charge < -0.3 is 10.6 Å². The third-order valence-electron chi connectivity index (χ3n) is 3.65. The zero-order valence-corrected chi connectivity index (χ0v) is 13.3. The number of hydrogen-bond acceptors (Lipinski definition) is 4. The van der Waals surface area contributed by atoms with E-state index in [0.29, 0.717) is 12.0 Å². The maximum absolute atomic E-state index is 12.2. The molecule has 1 aromatic rings. The maximum Gasteiger partial charge on any atom is 0.251 e. The fraction of sp³-hybridized carbons (Fsp3) is 0.533. The van der Waals surface area contributed by atoms with Gasteiger partial charge in [-0.25, -0.2) is 8.42 Å². The standard InChI is InChI=1S/C15H22N2O3S/c1-3-16-14-7-6-12(9-11(14)2)15(18)17-13-5-4-8-21(19,20)10-13/h6-7,9,13,16H,3-5,8,10H2,1-2H3,(H,17,18). The van der Waals surface area contributed by atoms with Crippen LogP contribution in [0.4, 0.5) is 5.69 Å². The van der Waals surface area contributed by atoms with Crippen LogP contribution < -0.4 is 10.6 Å². The van der Waals surface area contributed by atoms with E-state index in [4.69, 9.17) is 0 Å². The van der Waals surface area contributed by atoms with Crippen LogP contribution in [0.25, 0.3) is 0 Å². The molecule has 1 aliphatic rings. The van der Waals surface area contributed by atoms with Gasteiger partial charge in [0.1, 0.15) is 0 Å². The molecule has 1 heterocycles. The predicted octanol–water partition coefficient (Wildman–Crippen LogP) is 1.73. The van der Waals surface area contributed by atoms with E-state index >= 15 is 0 Å². The van der Waals surface area contributed by atoms with Crippen molar-refractivity contribution in [2.45, 2.75) is 32.7 Å². The average Bonchev–Trinajstić information content (AvgIpc) is 2.40. The average molecular weight is 310 g/mol. The van der Waals surface area contributed by atoms with Gasteiger partial charge in [0, 0.05) is 23.8 Å². The van der Waals surface area contributed by atoms with Gasteiger partial charge in [-0.3, -0.25) is 4.79 Å². The number of rotatable bonds is 4. The molecular weight excluding hydrogens is 288 g/mol. The van der Waals surface area contributed by atoms with Crippen molar-refractivity contribution in [1.82, 2.24) is 5.32 Å². The lowest BCUT2D eigenvalue weighted by Gasteiger charge is -2.23. The van der Waals surface area contributed by atoms with Crippen molar-refractivity contribution in [3.63, 3.8) is 0 Å². The summed E-state index contributed by atoms with van der Waals surface area (Å²) < 4.78 is 23.2. The van der Waals surface area contributed by atoms with Crippen LogP contribution in [0.3, 0.4) is 0 Å². The molecule has 1 amide bonds. The van der Waals surface area contributed by atoms with Crippen LogP contribution in [-0.4, -0.2) is 38.4 Å². The van der Waals surface area contributed by atoms with Crippen LogP contribution in [0, 0.1) is 6.92 Å². The summed E-state index contributed by atoms with van der Waals surface area (Å²) in [5, 5.41) is 6.05. The number of carbonyl (C=O) groups is 1. The van der Waals surface area contributed by atoms with Gasteiger partial charge >= 0.3 is 0 Å². The third-order valence-corrected chi connectivity index (χ3v) is 5.48. The summed E-state index contributed by atoms with van der Waals surface area (Å²) in [6.45, 7) is 4.79. The monoisotopic (exact) mass is 310 g/mol. The van der Waals surface area contributed by atoms with E-state index in [-0.39, 0.29) is 23.5 Å². The minimum absolute atomic E-state index is 0.0488. The quantitative estimate of drug-likeness (QED) is 0.888. The summed E-state index contributed by atoms with van der Waals surface area (Å²) in [5.41, 5.74) is 2.58. The van der Waals surface area contributed by atoms with Crippen molar-refractivity contribution in [3.8, 4) is 0 Å². The SMILES string of the molecule is CCNc1ccc(C(=O)NC2CCCS(=O)(=O)C2)cc1C. The Morgan fingerprint density at radius 2 is 2.14 bits per heavy atom. The van der Waals surface area contributed by atoms with Crippen LogP contribution in [0.15, 0.2) is 18.2 Å². The van der Waals surface area contributed by atoms with Crippen molar-refractivity contribution in [2.24, 2.45) is 0 Å². The Morgan fingerprint density at radius 3 is 2.76 bits per heavy atom. The first-order chi connectivity index (χ1) is 9.91. The molecule has 0 spiro atoms. The Morgan fingerprint density at radius 1 is 1.38 bits per heavy atom. The number of aryl methyl sites for hydroxylation is 1. The molecule has 1 atom stereocenters. The molecule has 0 radical (unpaired) electrons. The Labute approximate surface area is 126 Å². The van der Waals surface area contributed by atoms with Gasteiger partial charge in [0.05, 0.1) is 11.5 Å². The van der Waals surface area contributed by atoms with Crippen LogP contribution in [0.1, 0.15) is 35.7 Å². The van der Waals surface area contributed by atoms with Crippen LogP contribution in [0.5, 0.6) is 0 Å². The van der Waals surface area contributed by atoms with Gasteiger partial charge in [-0.1, -0.05) is 0 Å². The molecule has 0 aliphatic carbocycles. The smallest absolute Gasteiger partial charge is 0.251 e. The lowest BCUT2D eigenvalue weighted by atomic mass is 10.1. The van der Waals surface area contributed by atoms with Crippen molar-refractivity contribution in [3.05, 3.63) is 29.3 Å². The molecular formula is C15H22N2O3S. The summed E-state index contributed by atoms with van der Waals surface area (Å²) in [6.07, 6.45) is 1.34. The molecule has 1 fully saturated rings. The molecule has 0 aromatic heterocycles. The molecule has 21 heavy (non-hydrogen) atoms. The largest absolute Gasteiger partial charge is 0.385 e. The number of hydrogen-bond donors (Lipinski definition) is 2. The second-order valence-corrected chi connectivity index (χ2v) is 7.72. The van der Waals surface area contributed by atoms with E-state index in [1.54, 1.807) is 6.07 Å². The lowest BCUT2D eigenvalue weighted by molar-refractivity contribution is 0.0938. The zero-order valence-electron chi connectivity index (χ0n) is 12.5. The number of nitrogens with one attached hydrogen (secondary N) is 2. The second kappa shape index (κ2) is 6.47. The van der Waals surface area contributed by atoms with E-state index in [9.17, 15) is 13.2 Å². The first-order valence-corrected chi connectivity index (χ1v) is 9.09. The molecule has 5 nitrogen and oxygen atoms in total. The lowest BCUT2D eigenvalue weighted by Crippen LogP contribution is -2.43. The van der Waals surface area contributed by atoms with Crippen LogP contribution in [0.2, 0.25) is 0 Å². The van der Waals surface area contributed by atoms with Crippen molar-refractivity contribution >= 4 is 21.4 Å². The van der Waals surface area contributed by atoms with Gasteiger partial charge in [0.25, 0.3) is 5.91 Å². The minimum atomic E-state index is -3.01. The molecule has 1 aromatic carbocycles. The van der Waals surface area contributed by atoms with Crippen LogP contribution >= 0.6 is 0 Å². The molecule has 2 N–H and O–H groups in total. The highest BCUT2D eigenvalue weighted by molar-refractivity contribution is 7.91. The molecule has 1 unspecified atom stereocenters. The Hall–Kier alpha value is -1.56. The summed E-state index contributed by atoms with van der Waals surface area (Å²) in [4.78, 5) is 12.2. The molecule has 1 aliphatic heterocycles. The normalized spacial score (nSPS) is 20.8. The summed E-state index contributed by atoms with van der Waals surface area (Å²) in [6, 6.07) is 5.19. The summed E-state index contributed by atoms with van der Waals surface area (Å²) in [7, 11) is -3.01. The first kappa shape index (κ1) is 15.8.